The van der Waals surface area contributed by atoms with Crippen LogP contribution in [0.15, 0.2) is 29.3 Å². The van der Waals surface area contributed by atoms with Crippen molar-refractivity contribution >= 4 is 47.4 Å². The molecule has 3 N–H and O–H groups in total. The van der Waals surface area contributed by atoms with E-state index in [1.54, 1.807) is 0 Å². The van der Waals surface area contributed by atoms with Crippen molar-refractivity contribution in [2.24, 2.45) is 10.9 Å². The van der Waals surface area contributed by atoms with E-state index in [2.05, 4.69) is 20.9 Å². The summed E-state index contributed by atoms with van der Waals surface area (Å²) >= 11 is 5.90. The first-order valence-electron chi connectivity index (χ1n) is 9.23. The second-order valence-corrected chi connectivity index (χ2v) is 6.81. The summed E-state index contributed by atoms with van der Waals surface area (Å²) in [7, 11) is 0. The van der Waals surface area contributed by atoms with E-state index in [0.29, 0.717) is 19.6 Å². The Kier molecular flexibility index (Phi) is 11.7. The maximum atomic E-state index is 12.1. The van der Waals surface area contributed by atoms with E-state index in [0.717, 1.165) is 35.9 Å². The highest BCUT2D eigenvalue weighted by Gasteiger charge is 2.20. The SMILES string of the molecule is CCNC(=NCc1ccc(Cl)cc1)NCCNC(=O)C1CCCCC1.I. The van der Waals surface area contributed by atoms with Crippen LogP contribution in [0.4, 0.5) is 0 Å². The number of nitrogens with zero attached hydrogens (tertiary/aromatic N) is 1. The van der Waals surface area contributed by atoms with Gasteiger partial charge in [0.1, 0.15) is 0 Å². The van der Waals surface area contributed by atoms with Crippen LogP contribution < -0.4 is 16.0 Å². The van der Waals surface area contributed by atoms with E-state index >= 15 is 0 Å². The van der Waals surface area contributed by atoms with E-state index in [1.165, 1.54) is 19.3 Å². The molecule has 2 rings (SSSR count). The first-order valence-corrected chi connectivity index (χ1v) is 9.61. The van der Waals surface area contributed by atoms with E-state index in [9.17, 15) is 4.79 Å². The summed E-state index contributed by atoms with van der Waals surface area (Å²) in [5.74, 6) is 1.16. The minimum Gasteiger partial charge on any atom is -0.357 e. The third-order valence-corrected chi connectivity index (χ3v) is 4.62. The van der Waals surface area contributed by atoms with Crippen molar-refractivity contribution < 1.29 is 4.79 Å². The zero-order chi connectivity index (χ0) is 17.9. The fraction of sp³-hybridized carbons (Fsp3) is 0.579. The summed E-state index contributed by atoms with van der Waals surface area (Å²) < 4.78 is 0. The Morgan fingerprint density at radius 2 is 1.73 bits per heavy atom. The molecule has 5 nitrogen and oxygen atoms in total. The lowest BCUT2D eigenvalue weighted by molar-refractivity contribution is -0.125. The summed E-state index contributed by atoms with van der Waals surface area (Å²) in [5, 5.41) is 10.2. The average Bonchev–Trinajstić information content (AvgIpc) is 2.65. The number of benzene rings is 1. The number of carbonyl (C=O) groups excluding carboxylic acids is 1. The van der Waals surface area contributed by atoms with E-state index in [1.807, 2.05) is 31.2 Å². The molecule has 0 spiro atoms. The molecule has 7 heteroatoms. The number of hydrogen-bond acceptors (Lipinski definition) is 2. The van der Waals surface area contributed by atoms with Crippen molar-refractivity contribution in [1.82, 2.24) is 16.0 Å². The first kappa shape index (κ1) is 23.0. The summed E-state index contributed by atoms with van der Waals surface area (Å²) in [6.07, 6.45) is 5.69. The second-order valence-electron chi connectivity index (χ2n) is 6.37. The molecule has 0 atom stereocenters. The number of hydrogen-bond donors (Lipinski definition) is 3. The van der Waals surface area contributed by atoms with Gasteiger partial charge in [-0.05, 0) is 37.5 Å². The maximum absolute atomic E-state index is 12.1. The number of carbonyl (C=O) groups is 1. The van der Waals surface area contributed by atoms with Crippen LogP contribution in [0.2, 0.25) is 5.02 Å². The van der Waals surface area contributed by atoms with Crippen LogP contribution in [0.25, 0.3) is 0 Å². The highest BCUT2D eigenvalue weighted by Crippen LogP contribution is 2.23. The van der Waals surface area contributed by atoms with E-state index < -0.39 is 0 Å². The molecular weight excluding hydrogens is 463 g/mol. The normalized spacial score (nSPS) is 15.1. The number of rotatable bonds is 7. The number of aliphatic imine (C=N–C) groups is 1. The average molecular weight is 493 g/mol. The summed E-state index contributed by atoms with van der Waals surface area (Å²) in [6, 6.07) is 7.68. The topological polar surface area (TPSA) is 65.5 Å². The quantitative estimate of drug-likeness (QED) is 0.235. The molecular formula is C19H30ClIN4O. The summed E-state index contributed by atoms with van der Waals surface area (Å²) in [6.45, 7) is 4.68. The van der Waals surface area contributed by atoms with Gasteiger partial charge in [-0.2, -0.15) is 0 Å². The van der Waals surface area contributed by atoms with Crippen molar-refractivity contribution in [2.45, 2.75) is 45.6 Å². The van der Waals surface area contributed by atoms with Gasteiger partial charge in [-0.3, -0.25) is 4.79 Å². The molecule has 0 heterocycles. The molecule has 1 aliphatic carbocycles. The molecule has 146 valence electrons. The lowest BCUT2D eigenvalue weighted by atomic mass is 9.89. The molecule has 1 fully saturated rings. The van der Waals surface area contributed by atoms with Gasteiger partial charge in [0, 0.05) is 30.6 Å². The Hall–Kier alpha value is -1.02. The Labute approximate surface area is 178 Å². The first-order chi connectivity index (χ1) is 12.2. The standard InChI is InChI=1S/C19H29ClN4O.HI/c1-2-21-19(24-14-15-8-10-17(20)11-9-15)23-13-12-22-18(25)16-6-4-3-5-7-16;/h8-11,16H,2-7,12-14H2,1H3,(H,22,25)(H2,21,23,24);1H. The van der Waals surface area contributed by atoms with Gasteiger partial charge >= 0.3 is 0 Å². The molecule has 0 unspecified atom stereocenters. The van der Waals surface area contributed by atoms with Gasteiger partial charge in [0.05, 0.1) is 6.54 Å². The molecule has 26 heavy (non-hydrogen) atoms. The number of amides is 1. The lowest BCUT2D eigenvalue weighted by Gasteiger charge is -2.21. The zero-order valence-corrected chi connectivity index (χ0v) is 18.5. The predicted octanol–water partition coefficient (Wildman–Crippen LogP) is 3.71. The number of halogens is 2. The van der Waals surface area contributed by atoms with Gasteiger partial charge < -0.3 is 16.0 Å². The van der Waals surface area contributed by atoms with Crippen molar-refractivity contribution in [3.05, 3.63) is 34.9 Å². The Balaban J connectivity index is 0.00000338. The molecule has 0 radical (unpaired) electrons. The van der Waals surface area contributed by atoms with Crippen molar-refractivity contribution in [3.8, 4) is 0 Å². The molecule has 0 aliphatic heterocycles. The molecule has 1 aliphatic rings. The fourth-order valence-electron chi connectivity index (χ4n) is 2.98. The van der Waals surface area contributed by atoms with Crippen LogP contribution in [-0.2, 0) is 11.3 Å². The highest BCUT2D eigenvalue weighted by atomic mass is 127. The van der Waals surface area contributed by atoms with Crippen LogP contribution in [-0.4, -0.2) is 31.5 Å². The fourth-order valence-corrected chi connectivity index (χ4v) is 3.10. The number of nitrogens with one attached hydrogen (secondary N) is 3. The Bertz CT molecular complexity index is 559. The second kappa shape index (κ2) is 13.2. The van der Waals surface area contributed by atoms with Crippen LogP contribution in [0.1, 0.15) is 44.6 Å². The molecule has 0 bridgehead atoms. The lowest BCUT2D eigenvalue weighted by Crippen LogP contribution is -2.42. The minimum absolute atomic E-state index is 0. The number of guanidine groups is 1. The van der Waals surface area contributed by atoms with E-state index in [4.69, 9.17) is 11.6 Å². The maximum Gasteiger partial charge on any atom is 0.223 e. The Morgan fingerprint density at radius 3 is 2.38 bits per heavy atom. The third kappa shape index (κ3) is 8.58. The predicted molar refractivity (Wildman–Crippen MR) is 119 cm³/mol. The molecule has 1 aromatic carbocycles. The van der Waals surface area contributed by atoms with Crippen molar-refractivity contribution in [1.29, 1.82) is 0 Å². The van der Waals surface area contributed by atoms with Crippen LogP contribution in [0.5, 0.6) is 0 Å². The highest BCUT2D eigenvalue weighted by molar-refractivity contribution is 14.0. The Morgan fingerprint density at radius 1 is 1.08 bits per heavy atom. The molecule has 0 saturated heterocycles. The summed E-state index contributed by atoms with van der Waals surface area (Å²) in [4.78, 5) is 16.7. The molecule has 0 aromatic heterocycles. The van der Waals surface area contributed by atoms with Crippen molar-refractivity contribution in [2.75, 3.05) is 19.6 Å². The zero-order valence-electron chi connectivity index (χ0n) is 15.4. The van der Waals surface area contributed by atoms with Gasteiger partial charge in [0.15, 0.2) is 5.96 Å². The minimum atomic E-state index is 0. The van der Waals surface area contributed by atoms with Crippen LogP contribution >= 0.6 is 35.6 Å². The smallest absolute Gasteiger partial charge is 0.223 e. The van der Waals surface area contributed by atoms with Gasteiger partial charge in [0.2, 0.25) is 5.91 Å². The van der Waals surface area contributed by atoms with Crippen molar-refractivity contribution in [3.63, 3.8) is 0 Å². The molecule has 1 saturated carbocycles. The van der Waals surface area contributed by atoms with Gasteiger partial charge in [-0.15, -0.1) is 24.0 Å². The van der Waals surface area contributed by atoms with Gasteiger partial charge in [0.25, 0.3) is 0 Å². The van der Waals surface area contributed by atoms with Crippen LogP contribution in [0, 0.1) is 5.92 Å². The summed E-state index contributed by atoms with van der Waals surface area (Å²) in [5.41, 5.74) is 1.10. The molecule has 1 aromatic rings. The van der Waals surface area contributed by atoms with Crippen LogP contribution in [0.3, 0.4) is 0 Å². The molecule has 1 amide bonds. The monoisotopic (exact) mass is 492 g/mol. The van der Waals surface area contributed by atoms with Gasteiger partial charge in [-0.25, -0.2) is 4.99 Å². The largest absolute Gasteiger partial charge is 0.357 e. The third-order valence-electron chi connectivity index (χ3n) is 4.37. The van der Waals surface area contributed by atoms with Gasteiger partial charge in [-0.1, -0.05) is 43.0 Å². The van der Waals surface area contributed by atoms with E-state index in [-0.39, 0.29) is 35.8 Å².